The Morgan fingerprint density at radius 2 is 1.91 bits per heavy atom. The number of rotatable bonds is 7. The first kappa shape index (κ1) is 23.9. The van der Waals surface area contributed by atoms with Crippen LogP contribution in [0, 0.1) is 18.3 Å². The fourth-order valence-corrected chi connectivity index (χ4v) is 4.04. The minimum atomic E-state index is -0.484. The van der Waals surface area contributed by atoms with Crippen molar-refractivity contribution in [3.05, 3.63) is 81.2 Å². The number of carbonyl (C=O) groups excluding carboxylic acids is 1. The summed E-state index contributed by atoms with van der Waals surface area (Å²) in [5.74, 6) is 0.177. The lowest BCUT2D eigenvalue weighted by Crippen LogP contribution is -2.29. The molecule has 178 valence electrons. The van der Waals surface area contributed by atoms with Gasteiger partial charge in [0.1, 0.15) is 23.1 Å². The Morgan fingerprint density at radius 1 is 1.14 bits per heavy atom. The number of benzene rings is 1. The molecule has 0 atom stereocenters. The highest BCUT2D eigenvalue weighted by Crippen LogP contribution is 2.15. The van der Waals surface area contributed by atoms with Crippen LogP contribution in [0.25, 0.3) is 16.7 Å². The molecule has 4 rings (SSSR count). The summed E-state index contributed by atoms with van der Waals surface area (Å²) in [7, 11) is 0. The molecular formula is C27H27N5O3. The Bertz CT molecular complexity index is 1570. The quantitative estimate of drug-likeness (QED) is 0.299. The first-order chi connectivity index (χ1) is 17.0. The molecule has 0 fully saturated rings. The van der Waals surface area contributed by atoms with Gasteiger partial charge in [0.05, 0.1) is 17.6 Å². The molecule has 0 saturated carbocycles. The molecule has 0 bridgehead atoms. The lowest BCUT2D eigenvalue weighted by atomic mass is 10.2. The van der Waals surface area contributed by atoms with E-state index in [2.05, 4.69) is 18.0 Å². The van der Waals surface area contributed by atoms with E-state index in [1.807, 2.05) is 19.9 Å². The fourth-order valence-electron chi connectivity index (χ4n) is 4.04. The number of fused-ring (bicyclic) bond motifs is 2. The molecule has 0 saturated heterocycles. The van der Waals surface area contributed by atoms with E-state index in [1.54, 1.807) is 41.1 Å². The maximum Gasteiger partial charge on any atom is 0.278 e. The second-order valence-electron chi connectivity index (χ2n) is 8.27. The summed E-state index contributed by atoms with van der Waals surface area (Å²) in [6.45, 7) is 6.87. The van der Waals surface area contributed by atoms with Crippen molar-refractivity contribution < 1.29 is 9.53 Å². The lowest BCUT2D eigenvalue weighted by Gasteiger charge is -2.14. The number of ether oxygens (including phenoxy) is 1. The number of nitriles is 1. The number of nitrogens with zero attached hydrogens (tertiary/aromatic N) is 5. The van der Waals surface area contributed by atoms with Gasteiger partial charge in [-0.1, -0.05) is 25.8 Å². The maximum absolute atomic E-state index is 13.3. The summed E-state index contributed by atoms with van der Waals surface area (Å²) in [6, 6.07) is 14.0. The van der Waals surface area contributed by atoms with Crippen LogP contribution in [-0.4, -0.2) is 26.5 Å². The summed E-state index contributed by atoms with van der Waals surface area (Å²) >= 11 is 0. The lowest BCUT2D eigenvalue weighted by molar-refractivity contribution is 0.0997. The van der Waals surface area contributed by atoms with E-state index in [0.717, 1.165) is 24.8 Å². The van der Waals surface area contributed by atoms with Crippen LogP contribution < -0.4 is 15.8 Å². The highest BCUT2D eigenvalue weighted by atomic mass is 16.5. The normalized spacial score (nSPS) is 11.7. The Hall–Kier alpha value is -4.25. The van der Waals surface area contributed by atoms with Gasteiger partial charge in [-0.25, -0.2) is 4.98 Å². The first-order valence-corrected chi connectivity index (χ1v) is 11.8. The van der Waals surface area contributed by atoms with E-state index in [9.17, 15) is 14.9 Å². The second-order valence-corrected chi connectivity index (χ2v) is 8.27. The fraction of sp³-hybridized carbons (Fsp3) is 0.296. The Morgan fingerprint density at radius 3 is 2.60 bits per heavy atom. The van der Waals surface area contributed by atoms with Gasteiger partial charge in [0.2, 0.25) is 0 Å². The van der Waals surface area contributed by atoms with Crippen molar-refractivity contribution in [3.8, 4) is 11.8 Å². The Labute approximate surface area is 202 Å². The third-order valence-electron chi connectivity index (χ3n) is 5.83. The second kappa shape index (κ2) is 10.3. The molecule has 0 radical (unpaired) electrons. The highest BCUT2D eigenvalue weighted by molar-refractivity contribution is 5.95. The van der Waals surface area contributed by atoms with Crippen LogP contribution in [0.5, 0.6) is 5.75 Å². The van der Waals surface area contributed by atoms with Crippen LogP contribution >= 0.6 is 0 Å². The van der Waals surface area contributed by atoms with Crippen LogP contribution in [0.3, 0.4) is 0 Å². The standard InChI is InChI=1S/C27H27N5O3/c1-4-6-7-14-31-24(30-26(33)19-10-12-21(13-11-19)35-5-2)20(17-28)16-22-25(31)29-23-18(3)9-8-15-32(23)27(22)34/h8-13,15-16H,4-7,14H2,1-3H3. The van der Waals surface area contributed by atoms with Gasteiger partial charge in [-0.2, -0.15) is 10.3 Å². The van der Waals surface area contributed by atoms with Crippen molar-refractivity contribution in [2.75, 3.05) is 6.61 Å². The van der Waals surface area contributed by atoms with E-state index >= 15 is 0 Å². The number of unbranched alkanes of at least 4 members (excludes halogenated alkanes) is 2. The van der Waals surface area contributed by atoms with Crippen molar-refractivity contribution in [3.63, 3.8) is 0 Å². The minimum Gasteiger partial charge on any atom is -0.494 e. The summed E-state index contributed by atoms with van der Waals surface area (Å²) in [4.78, 5) is 35.6. The van der Waals surface area contributed by atoms with Crippen molar-refractivity contribution in [2.24, 2.45) is 4.99 Å². The van der Waals surface area contributed by atoms with Crippen molar-refractivity contribution in [2.45, 2.75) is 46.6 Å². The molecule has 0 N–H and O–H groups in total. The highest BCUT2D eigenvalue weighted by Gasteiger charge is 2.16. The summed E-state index contributed by atoms with van der Waals surface area (Å²) < 4.78 is 8.67. The van der Waals surface area contributed by atoms with Crippen molar-refractivity contribution in [1.29, 1.82) is 5.26 Å². The number of aryl methyl sites for hydroxylation is 2. The van der Waals surface area contributed by atoms with Crippen LogP contribution in [-0.2, 0) is 6.54 Å². The van der Waals surface area contributed by atoms with Crippen LogP contribution in [0.1, 0.15) is 54.6 Å². The van der Waals surface area contributed by atoms with E-state index in [4.69, 9.17) is 9.72 Å². The van der Waals surface area contributed by atoms with Gasteiger partial charge >= 0.3 is 0 Å². The van der Waals surface area contributed by atoms with Crippen LogP contribution in [0.15, 0.2) is 58.4 Å². The number of hydrogen-bond donors (Lipinski definition) is 0. The molecule has 0 aliphatic rings. The molecular weight excluding hydrogens is 442 g/mol. The molecule has 3 aromatic heterocycles. The largest absolute Gasteiger partial charge is 0.494 e. The molecule has 0 aliphatic heterocycles. The third kappa shape index (κ3) is 4.71. The van der Waals surface area contributed by atoms with E-state index in [0.29, 0.717) is 41.1 Å². The average molecular weight is 470 g/mol. The molecule has 0 aliphatic carbocycles. The summed E-state index contributed by atoms with van der Waals surface area (Å²) in [6.07, 6.45) is 4.40. The van der Waals surface area contributed by atoms with Crippen molar-refractivity contribution >= 4 is 22.6 Å². The average Bonchev–Trinajstić information content (AvgIpc) is 2.86. The third-order valence-corrected chi connectivity index (χ3v) is 5.83. The zero-order chi connectivity index (χ0) is 24.9. The summed E-state index contributed by atoms with van der Waals surface area (Å²) in [5.41, 5.74) is 2.26. The number of amides is 1. The monoisotopic (exact) mass is 469 g/mol. The molecule has 4 aromatic rings. The predicted octanol–water partition coefficient (Wildman–Crippen LogP) is 4.16. The molecule has 3 heterocycles. The Kier molecular flexibility index (Phi) is 7.06. The maximum atomic E-state index is 13.3. The predicted molar refractivity (Wildman–Crippen MR) is 133 cm³/mol. The summed E-state index contributed by atoms with van der Waals surface area (Å²) in [5, 5.41) is 10.2. The van der Waals surface area contributed by atoms with Gasteiger partial charge in [-0.05, 0) is 62.2 Å². The molecule has 8 nitrogen and oxygen atoms in total. The minimum absolute atomic E-state index is 0.153. The zero-order valence-electron chi connectivity index (χ0n) is 20.1. The smallest absolute Gasteiger partial charge is 0.278 e. The van der Waals surface area contributed by atoms with Gasteiger partial charge in [0.25, 0.3) is 11.5 Å². The van der Waals surface area contributed by atoms with Gasteiger partial charge in [0, 0.05) is 18.3 Å². The number of carbonyl (C=O) groups is 1. The van der Waals surface area contributed by atoms with Gasteiger partial charge < -0.3 is 9.30 Å². The van der Waals surface area contributed by atoms with Gasteiger partial charge in [-0.15, -0.1) is 0 Å². The van der Waals surface area contributed by atoms with Crippen molar-refractivity contribution in [1.82, 2.24) is 14.0 Å². The number of aromatic nitrogens is 3. The molecule has 8 heteroatoms. The van der Waals surface area contributed by atoms with Crippen LogP contribution in [0.2, 0.25) is 0 Å². The van der Waals surface area contributed by atoms with Gasteiger partial charge in [0.15, 0.2) is 5.49 Å². The molecule has 35 heavy (non-hydrogen) atoms. The van der Waals surface area contributed by atoms with E-state index < -0.39 is 5.91 Å². The number of hydrogen-bond acceptors (Lipinski definition) is 5. The first-order valence-electron chi connectivity index (χ1n) is 11.8. The van der Waals surface area contributed by atoms with E-state index in [1.165, 1.54) is 10.5 Å². The van der Waals surface area contributed by atoms with Gasteiger partial charge in [-0.3, -0.25) is 14.0 Å². The zero-order valence-corrected chi connectivity index (χ0v) is 20.1. The molecule has 0 spiro atoms. The molecule has 0 unspecified atom stereocenters. The van der Waals surface area contributed by atoms with Crippen LogP contribution in [0.4, 0.5) is 0 Å². The Balaban J connectivity index is 1.99. The topological polar surface area (TPSA) is 102 Å². The van der Waals surface area contributed by atoms with E-state index in [-0.39, 0.29) is 16.6 Å². The SMILES string of the molecule is CCCCCn1c(=NC(=O)c2ccc(OCC)cc2)c(C#N)cc2c(=O)n3cccc(C)c3nc21. The molecule has 1 aromatic carbocycles. The number of pyridine rings is 2. The molecule has 1 amide bonds.